The summed E-state index contributed by atoms with van der Waals surface area (Å²) >= 11 is 14.8. The maximum absolute atomic E-state index is 12.1. The molecule has 0 aliphatic carbocycles. The van der Waals surface area contributed by atoms with Gasteiger partial charge in [-0.05, 0) is 34.1 Å². The Morgan fingerprint density at radius 1 is 1.24 bits per heavy atom. The van der Waals surface area contributed by atoms with Crippen LogP contribution in [0.2, 0.25) is 10.0 Å². The SMILES string of the molecule is O=C(Nc1ccccc1Br)c1cc(Cl)c(Cl)c([N+](=O)[O-])c1. The van der Waals surface area contributed by atoms with Gasteiger partial charge in [0.15, 0.2) is 0 Å². The van der Waals surface area contributed by atoms with Crippen molar-refractivity contribution in [2.24, 2.45) is 0 Å². The molecule has 0 saturated heterocycles. The standard InChI is InChI=1S/C13H7BrCl2N2O3/c14-8-3-1-2-4-10(8)17-13(19)7-5-9(15)12(16)11(6-7)18(20)21/h1-6H,(H,17,19). The number of halogens is 3. The van der Waals surface area contributed by atoms with Gasteiger partial charge in [0.25, 0.3) is 11.6 Å². The second-order valence-corrected chi connectivity index (χ2v) is 5.62. The molecule has 1 N–H and O–H groups in total. The lowest BCUT2D eigenvalue weighted by Crippen LogP contribution is -2.12. The van der Waals surface area contributed by atoms with Gasteiger partial charge in [-0.2, -0.15) is 0 Å². The van der Waals surface area contributed by atoms with E-state index in [2.05, 4.69) is 21.2 Å². The number of hydrogen-bond donors (Lipinski definition) is 1. The van der Waals surface area contributed by atoms with E-state index in [4.69, 9.17) is 23.2 Å². The summed E-state index contributed by atoms with van der Waals surface area (Å²) in [5, 5.41) is 13.3. The van der Waals surface area contributed by atoms with Crippen LogP contribution in [0, 0.1) is 10.1 Å². The maximum atomic E-state index is 12.1. The Bertz CT molecular complexity index is 737. The maximum Gasteiger partial charge on any atom is 0.290 e. The molecule has 0 atom stereocenters. The first-order valence-electron chi connectivity index (χ1n) is 5.59. The minimum Gasteiger partial charge on any atom is -0.321 e. The summed E-state index contributed by atoms with van der Waals surface area (Å²) in [6, 6.07) is 9.35. The molecule has 108 valence electrons. The fourth-order valence-corrected chi connectivity index (χ4v) is 2.37. The number of rotatable bonds is 3. The molecule has 0 saturated carbocycles. The van der Waals surface area contributed by atoms with Crippen molar-refractivity contribution in [1.29, 1.82) is 0 Å². The van der Waals surface area contributed by atoms with Crippen molar-refractivity contribution in [3.05, 3.63) is 66.6 Å². The number of amides is 1. The van der Waals surface area contributed by atoms with Crippen molar-refractivity contribution >= 4 is 56.4 Å². The summed E-state index contributed by atoms with van der Waals surface area (Å²) in [4.78, 5) is 22.3. The van der Waals surface area contributed by atoms with Gasteiger partial charge >= 0.3 is 0 Å². The molecule has 0 heterocycles. The van der Waals surface area contributed by atoms with Crippen LogP contribution in [0.25, 0.3) is 0 Å². The monoisotopic (exact) mass is 388 g/mol. The molecule has 2 aromatic carbocycles. The first kappa shape index (κ1) is 15.8. The lowest BCUT2D eigenvalue weighted by Gasteiger charge is -2.08. The summed E-state index contributed by atoms with van der Waals surface area (Å²) in [6.45, 7) is 0. The molecule has 0 aliphatic rings. The van der Waals surface area contributed by atoms with Gasteiger partial charge in [-0.15, -0.1) is 0 Å². The van der Waals surface area contributed by atoms with Crippen LogP contribution in [0.5, 0.6) is 0 Å². The second-order valence-electron chi connectivity index (χ2n) is 3.98. The van der Waals surface area contributed by atoms with Gasteiger partial charge in [-0.25, -0.2) is 0 Å². The number of para-hydroxylation sites is 1. The highest BCUT2D eigenvalue weighted by atomic mass is 79.9. The van der Waals surface area contributed by atoms with E-state index in [9.17, 15) is 14.9 Å². The Morgan fingerprint density at radius 2 is 1.90 bits per heavy atom. The number of nitrogens with zero attached hydrogens (tertiary/aromatic N) is 1. The number of carbonyl (C=O) groups excluding carboxylic acids is 1. The van der Waals surface area contributed by atoms with Crippen molar-refractivity contribution < 1.29 is 9.72 Å². The quantitative estimate of drug-likeness (QED) is 0.598. The van der Waals surface area contributed by atoms with E-state index in [1.807, 2.05) is 0 Å². The van der Waals surface area contributed by atoms with E-state index in [0.29, 0.717) is 10.2 Å². The zero-order valence-corrected chi connectivity index (χ0v) is 13.4. The molecule has 0 fully saturated rings. The summed E-state index contributed by atoms with van der Waals surface area (Å²) < 4.78 is 0.688. The smallest absolute Gasteiger partial charge is 0.290 e. The second kappa shape index (κ2) is 6.43. The summed E-state index contributed by atoms with van der Waals surface area (Å²) in [5.74, 6) is -0.524. The van der Waals surface area contributed by atoms with Crippen molar-refractivity contribution in [2.75, 3.05) is 5.32 Å². The average Bonchev–Trinajstić information content (AvgIpc) is 2.43. The molecular formula is C13H7BrCl2N2O3. The van der Waals surface area contributed by atoms with E-state index in [-0.39, 0.29) is 15.6 Å². The van der Waals surface area contributed by atoms with Gasteiger partial charge < -0.3 is 5.32 Å². The van der Waals surface area contributed by atoms with E-state index in [1.54, 1.807) is 24.3 Å². The van der Waals surface area contributed by atoms with Crippen molar-refractivity contribution in [2.45, 2.75) is 0 Å². The molecule has 0 radical (unpaired) electrons. The summed E-state index contributed by atoms with van der Waals surface area (Å²) in [7, 11) is 0. The lowest BCUT2D eigenvalue weighted by atomic mass is 10.2. The third-order valence-corrected chi connectivity index (χ3v) is 4.07. The molecule has 0 aliphatic heterocycles. The first-order chi connectivity index (χ1) is 9.90. The number of carbonyl (C=O) groups is 1. The predicted octanol–water partition coefficient (Wildman–Crippen LogP) is 4.92. The van der Waals surface area contributed by atoms with E-state index < -0.39 is 16.5 Å². The highest BCUT2D eigenvalue weighted by Gasteiger charge is 2.20. The van der Waals surface area contributed by atoms with Gasteiger partial charge in [-0.1, -0.05) is 35.3 Å². The van der Waals surface area contributed by atoms with E-state index in [0.717, 1.165) is 6.07 Å². The molecule has 21 heavy (non-hydrogen) atoms. The van der Waals surface area contributed by atoms with Gasteiger partial charge in [0.1, 0.15) is 5.02 Å². The lowest BCUT2D eigenvalue weighted by molar-refractivity contribution is -0.384. The van der Waals surface area contributed by atoms with Crippen LogP contribution in [0.3, 0.4) is 0 Å². The normalized spacial score (nSPS) is 10.2. The number of hydrogen-bond acceptors (Lipinski definition) is 3. The fraction of sp³-hybridized carbons (Fsp3) is 0. The topological polar surface area (TPSA) is 72.2 Å². The van der Waals surface area contributed by atoms with Gasteiger partial charge in [-0.3, -0.25) is 14.9 Å². The Labute approximate surface area is 138 Å². The molecular weight excluding hydrogens is 383 g/mol. The number of nitro benzene ring substituents is 1. The zero-order chi connectivity index (χ0) is 15.6. The number of benzene rings is 2. The molecule has 2 rings (SSSR count). The van der Waals surface area contributed by atoms with E-state index in [1.165, 1.54) is 6.07 Å². The first-order valence-corrected chi connectivity index (χ1v) is 7.14. The molecule has 0 unspecified atom stereocenters. The number of nitro groups is 1. The van der Waals surface area contributed by atoms with Crippen LogP contribution in [0.1, 0.15) is 10.4 Å². The minimum absolute atomic E-state index is 0.0480. The molecule has 8 heteroatoms. The predicted molar refractivity (Wildman–Crippen MR) is 85.2 cm³/mol. The zero-order valence-electron chi connectivity index (χ0n) is 10.3. The van der Waals surface area contributed by atoms with Gasteiger partial charge in [0.05, 0.1) is 15.6 Å². The van der Waals surface area contributed by atoms with E-state index >= 15 is 0 Å². The highest BCUT2D eigenvalue weighted by Crippen LogP contribution is 2.33. The summed E-state index contributed by atoms with van der Waals surface area (Å²) in [6.07, 6.45) is 0. The molecule has 0 aromatic heterocycles. The number of nitrogens with one attached hydrogen (secondary N) is 1. The third kappa shape index (κ3) is 3.53. The molecule has 0 spiro atoms. The Morgan fingerprint density at radius 3 is 2.52 bits per heavy atom. The Hall–Kier alpha value is -1.63. The molecule has 1 amide bonds. The average molecular weight is 390 g/mol. The largest absolute Gasteiger partial charge is 0.321 e. The highest BCUT2D eigenvalue weighted by molar-refractivity contribution is 9.10. The fourth-order valence-electron chi connectivity index (χ4n) is 1.60. The third-order valence-electron chi connectivity index (χ3n) is 2.59. The molecule has 0 bridgehead atoms. The van der Waals surface area contributed by atoms with Gasteiger partial charge in [0, 0.05) is 16.1 Å². The minimum atomic E-state index is -0.691. The van der Waals surface area contributed by atoms with Gasteiger partial charge in [0.2, 0.25) is 0 Å². The molecule has 2 aromatic rings. The van der Waals surface area contributed by atoms with Crippen LogP contribution in [0.4, 0.5) is 11.4 Å². The van der Waals surface area contributed by atoms with Crippen LogP contribution in [-0.4, -0.2) is 10.8 Å². The van der Waals surface area contributed by atoms with Crippen LogP contribution in [0.15, 0.2) is 40.9 Å². The van der Waals surface area contributed by atoms with Crippen LogP contribution < -0.4 is 5.32 Å². The molecule has 5 nitrogen and oxygen atoms in total. The Balaban J connectivity index is 2.36. The summed E-state index contributed by atoms with van der Waals surface area (Å²) in [5.41, 5.74) is 0.171. The van der Waals surface area contributed by atoms with Crippen LogP contribution in [-0.2, 0) is 0 Å². The van der Waals surface area contributed by atoms with Crippen LogP contribution >= 0.6 is 39.1 Å². The van der Waals surface area contributed by atoms with Crippen molar-refractivity contribution in [1.82, 2.24) is 0 Å². The Kier molecular flexibility index (Phi) is 4.82. The van der Waals surface area contributed by atoms with Crippen molar-refractivity contribution in [3.63, 3.8) is 0 Å². The number of anilines is 1. The van der Waals surface area contributed by atoms with Crippen molar-refractivity contribution in [3.8, 4) is 0 Å².